The molecule has 0 aliphatic carbocycles. The summed E-state index contributed by atoms with van der Waals surface area (Å²) in [5.41, 5.74) is 0.206. The van der Waals surface area contributed by atoms with Crippen LogP contribution in [0.4, 0.5) is 13.2 Å². The van der Waals surface area contributed by atoms with Crippen LogP contribution < -0.4 is 11.2 Å². The third-order valence-corrected chi connectivity index (χ3v) is 5.05. The van der Waals surface area contributed by atoms with Crippen molar-refractivity contribution in [3.8, 4) is 0 Å². The van der Waals surface area contributed by atoms with Crippen molar-refractivity contribution in [3.05, 3.63) is 59.0 Å². The second kappa shape index (κ2) is 10.3. The smallest absolute Gasteiger partial charge is 0.416 e. The van der Waals surface area contributed by atoms with Crippen molar-refractivity contribution in [2.24, 2.45) is 10.9 Å². The molecule has 10 heteroatoms. The zero-order chi connectivity index (χ0) is 23.2. The number of ether oxygens (including phenoxy) is 2. The van der Waals surface area contributed by atoms with E-state index in [0.29, 0.717) is 24.2 Å². The van der Waals surface area contributed by atoms with Crippen molar-refractivity contribution in [3.63, 3.8) is 0 Å². The molecule has 2 rings (SSSR count). The molecule has 1 saturated heterocycles. The highest BCUT2D eigenvalue weighted by Crippen LogP contribution is 2.34. The van der Waals surface area contributed by atoms with Gasteiger partial charge in [-0.05, 0) is 43.9 Å². The lowest BCUT2D eigenvalue weighted by atomic mass is 9.97. The van der Waals surface area contributed by atoms with Gasteiger partial charge in [0.2, 0.25) is 0 Å². The van der Waals surface area contributed by atoms with Gasteiger partial charge in [-0.2, -0.15) is 18.3 Å². The number of rotatable bonds is 8. The molecule has 2 atom stereocenters. The molecular weight excluding hydrogens is 415 g/mol. The van der Waals surface area contributed by atoms with Gasteiger partial charge >= 0.3 is 12.1 Å². The van der Waals surface area contributed by atoms with Gasteiger partial charge in [0.1, 0.15) is 5.76 Å². The maximum Gasteiger partial charge on any atom is 0.416 e. The third-order valence-electron chi connectivity index (χ3n) is 5.05. The van der Waals surface area contributed by atoms with Gasteiger partial charge in [-0.15, -0.1) is 0 Å². The van der Waals surface area contributed by atoms with Crippen LogP contribution in [0.25, 0.3) is 0 Å². The van der Waals surface area contributed by atoms with Crippen LogP contribution in [0.5, 0.6) is 0 Å². The molecule has 7 nitrogen and oxygen atoms in total. The van der Waals surface area contributed by atoms with Crippen LogP contribution in [0.2, 0.25) is 0 Å². The van der Waals surface area contributed by atoms with Crippen LogP contribution in [0.3, 0.4) is 0 Å². The van der Waals surface area contributed by atoms with E-state index in [2.05, 4.69) is 17.0 Å². The number of halogens is 3. The minimum absolute atomic E-state index is 0.204. The molecule has 0 radical (unpaired) electrons. The van der Waals surface area contributed by atoms with E-state index in [9.17, 15) is 23.1 Å². The van der Waals surface area contributed by atoms with Crippen molar-refractivity contribution >= 4 is 11.7 Å². The summed E-state index contributed by atoms with van der Waals surface area (Å²) in [5, 5.41) is 15.7. The molecule has 1 fully saturated rings. The number of hydrazone groups is 1. The predicted octanol–water partition coefficient (Wildman–Crippen LogP) is 3.74. The van der Waals surface area contributed by atoms with Gasteiger partial charge in [-0.25, -0.2) is 4.79 Å². The lowest BCUT2D eigenvalue weighted by molar-refractivity contribution is -0.137. The Morgan fingerprint density at radius 3 is 2.52 bits per heavy atom. The van der Waals surface area contributed by atoms with Crippen LogP contribution in [0, 0.1) is 0 Å². The van der Waals surface area contributed by atoms with E-state index in [0.717, 1.165) is 25.0 Å². The number of carbonyl (C=O) groups is 1. The summed E-state index contributed by atoms with van der Waals surface area (Å²) in [7, 11) is 1.40. The minimum atomic E-state index is -4.38. The second-order valence-electron chi connectivity index (χ2n) is 7.09. The number of carboxylic acid groups (broad SMARTS) is 1. The number of aliphatic carboxylic acids is 1. The lowest BCUT2D eigenvalue weighted by Gasteiger charge is -2.31. The summed E-state index contributed by atoms with van der Waals surface area (Å²) < 4.78 is 49.5. The topological polar surface area (TPSA) is 106 Å². The van der Waals surface area contributed by atoms with E-state index in [1.54, 1.807) is 0 Å². The number of benzene rings is 1. The van der Waals surface area contributed by atoms with Gasteiger partial charge in [0.25, 0.3) is 0 Å². The van der Waals surface area contributed by atoms with Crippen LogP contribution in [-0.2, 0) is 20.4 Å². The number of methoxy groups -OCH3 is 1. The van der Waals surface area contributed by atoms with Crippen molar-refractivity contribution in [2.75, 3.05) is 13.7 Å². The Hall–Kier alpha value is -3.01. The van der Waals surface area contributed by atoms with E-state index >= 15 is 0 Å². The summed E-state index contributed by atoms with van der Waals surface area (Å²) in [4.78, 5) is 11.3. The molecule has 1 aliphatic rings. The van der Waals surface area contributed by atoms with E-state index in [1.807, 2.05) is 0 Å². The Bertz CT molecular complexity index is 864. The molecule has 170 valence electrons. The molecule has 31 heavy (non-hydrogen) atoms. The number of hydrogen-bond acceptors (Lipinski definition) is 6. The lowest BCUT2D eigenvalue weighted by Crippen LogP contribution is -2.34. The Morgan fingerprint density at radius 2 is 2.00 bits per heavy atom. The first-order valence-electron chi connectivity index (χ1n) is 9.60. The molecule has 0 aromatic heterocycles. The summed E-state index contributed by atoms with van der Waals surface area (Å²) in [5.74, 6) is 4.10. The van der Waals surface area contributed by atoms with Gasteiger partial charge in [-0.3, -0.25) is 0 Å². The van der Waals surface area contributed by atoms with Crippen LogP contribution in [0.15, 0.2) is 53.0 Å². The SMILES string of the molecule is C=C(OC)/C(NC[C@H]1CCC[C@@H](c2ccc(C(F)(F)F)cc2)O1)=C(C)\C(=N/N)C(=O)O. The number of nitrogens with two attached hydrogens (primary N) is 1. The van der Waals surface area contributed by atoms with E-state index < -0.39 is 17.7 Å². The number of alkyl halides is 3. The number of carboxylic acids is 1. The highest BCUT2D eigenvalue weighted by molar-refractivity contribution is 6.42. The first kappa shape index (κ1) is 24.3. The predicted molar refractivity (Wildman–Crippen MR) is 109 cm³/mol. The van der Waals surface area contributed by atoms with Crippen molar-refractivity contribution in [2.45, 2.75) is 44.6 Å². The van der Waals surface area contributed by atoms with E-state index in [-0.39, 0.29) is 29.3 Å². The molecule has 0 bridgehead atoms. The van der Waals surface area contributed by atoms with Gasteiger partial charge in [-0.1, -0.05) is 18.7 Å². The molecule has 0 saturated carbocycles. The number of hydrogen-bond donors (Lipinski definition) is 3. The van der Waals surface area contributed by atoms with Gasteiger partial charge in [0.15, 0.2) is 5.71 Å². The zero-order valence-electron chi connectivity index (χ0n) is 17.3. The molecule has 0 spiro atoms. The van der Waals surface area contributed by atoms with Gasteiger partial charge in [0.05, 0.1) is 30.6 Å². The minimum Gasteiger partial charge on any atom is -0.495 e. The Labute approximate surface area is 178 Å². The fourth-order valence-electron chi connectivity index (χ4n) is 3.37. The van der Waals surface area contributed by atoms with Crippen molar-refractivity contribution < 1.29 is 32.5 Å². The normalized spacial score (nSPS) is 20.6. The zero-order valence-corrected chi connectivity index (χ0v) is 17.3. The van der Waals surface area contributed by atoms with Crippen molar-refractivity contribution in [1.82, 2.24) is 5.32 Å². The molecular formula is C21H26F3N3O4. The van der Waals surface area contributed by atoms with Gasteiger partial charge < -0.3 is 25.7 Å². The maximum atomic E-state index is 12.8. The molecule has 0 amide bonds. The Morgan fingerprint density at radius 1 is 1.35 bits per heavy atom. The number of nitrogens with one attached hydrogen (secondary N) is 1. The summed E-state index contributed by atoms with van der Waals surface area (Å²) in [6, 6.07) is 4.96. The molecule has 4 N–H and O–H groups in total. The summed E-state index contributed by atoms with van der Waals surface area (Å²) >= 11 is 0. The fraction of sp³-hybridized carbons (Fsp3) is 0.429. The van der Waals surface area contributed by atoms with Gasteiger partial charge in [0, 0.05) is 12.1 Å². The van der Waals surface area contributed by atoms with Crippen LogP contribution in [0.1, 0.15) is 43.4 Å². The quantitative estimate of drug-likeness (QED) is 0.187. The first-order valence-corrected chi connectivity index (χ1v) is 9.60. The largest absolute Gasteiger partial charge is 0.495 e. The average Bonchev–Trinajstić information content (AvgIpc) is 2.73. The highest BCUT2D eigenvalue weighted by atomic mass is 19.4. The highest BCUT2D eigenvalue weighted by Gasteiger charge is 2.31. The summed E-state index contributed by atoms with van der Waals surface area (Å²) in [6.07, 6.45) is -2.72. The molecule has 1 aromatic carbocycles. The molecule has 1 heterocycles. The van der Waals surface area contributed by atoms with E-state index in [4.69, 9.17) is 15.3 Å². The van der Waals surface area contributed by atoms with Crippen LogP contribution in [-0.4, -0.2) is 36.5 Å². The maximum absolute atomic E-state index is 12.8. The Balaban J connectivity index is 2.11. The summed E-state index contributed by atoms with van der Waals surface area (Å²) in [6.45, 7) is 5.60. The second-order valence-corrected chi connectivity index (χ2v) is 7.09. The standard InChI is InChI=1S/C21H26F3N3O4/c1-12(19(27-25)20(28)29)18(13(2)30-3)26-11-16-5-4-6-17(31-16)14-7-9-15(10-8-14)21(22,23)24/h7-10,16-17,26H,2,4-6,11,25H2,1,3H3,(H,28,29)/b18-12+,27-19+/t16-,17+/m1/s1. The fourth-order valence-corrected chi connectivity index (χ4v) is 3.37. The molecule has 1 aromatic rings. The first-order chi connectivity index (χ1) is 14.6. The van der Waals surface area contributed by atoms with Crippen molar-refractivity contribution in [1.29, 1.82) is 0 Å². The van der Waals surface area contributed by atoms with E-state index in [1.165, 1.54) is 26.2 Å². The molecule has 0 unspecified atom stereocenters. The third kappa shape index (κ3) is 6.24. The monoisotopic (exact) mass is 441 g/mol. The average molecular weight is 441 g/mol. The Kier molecular flexibility index (Phi) is 8.09. The van der Waals surface area contributed by atoms with Crippen LogP contribution >= 0.6 is 0 Å². The molecule has 1 aliphatic heterocycles. The number of nitrogens with zero attached hydrogens (tertiary/aromatic N) is 1.